The number of para-hydroxylation sites is 4. The van der Waals surface area contributed by atoms with Crippen molar-refractivity contribution in [3.63, 3.8) is 0 Å². The van der Waals surface area contributed by atoms with Crippen molar-refractivity contribution >= 4 is 39.0 Å². The van der Waals surface area contributed by atoms with Crippen molar-refractivity contribution in [3.8, 4) is 66.8 Å². The monoisotopic (exact) mass is 831 g/mol. The molecule has 0 radical (unpaired) electrons. The number of rotatable bonds is 8. The summed E-state index contributed by atoms with van der Waals surface area (Å²) in [5, 5.41) is 2.21. The molecule has 0 fully saturated rings. The highest BCUT2D eigenvalue weighted by Gasteiger charge is 2.38. The maximum Gasteiger partial charge on any atom is 0.143 e. The van der Waals surface area contributed by atoms with E-state index in [1.165, 1.54) is 38.9 Å². The molecular weight excluding hydrogens is 787 g/mol. The second-order valence-electron chi connectivity index (χ2n) is 17.6. The Hall–Kier alpha value is -8.20. The Kier molecular flexibility index (Phi) is 9.21. The lowest BCUT2D eigenvalue weighted by atomic mass is 9.78. The molecule has 10 aromatic carbocycles. The highest BCUT2D eigenvalue weighted by atomic mass is 16.3. The summed E-state index contributed by atoms with van der Waals surface area (Å²) < 4.78 is 6.82. The maximum atomic E-state index is 6.82. The van der Waals surface area contributed by atoms with Crippen molar-refractivity contribution in [2.24, 2.45) is 0 Å². The SMILES string of the molecule is CC1(C)c2ccccc2-c2cccc(-c3ccccc3N(c3ccccc3-c3ccccc3)c3cccc(-c4cccc5c4oc4ccccc45)c3-c3cccc(-c4ccccc4)c3)c21. The zero-order valence-corrected chi connectivity index (χ0v) is 36.4. The highest BCUT2D eigenvalue weighted by Crippen LogP contribution is 2.56. The van der Waals surface area contributed by atoms with Crippen molar-refractivity contribution in [1.29, 1.82) is 0 Å². The van der Waals surface area contributed by atoms with Gasteiger partial charge in [-0.25, -0.2) is 0 Å². The van der Waals surface area contributed by atoms with E-state index in [0.717, 1.165) is 77.9 Å². The number of furan rings is 1. The lowest BCUT2D eigenvalue weighted by molar-refractivity contribution is 0.662. The van der Waals surface area contributed by atoms with Crippen LogP contribution in [0.1, 0.15) is 25.0 Å². The van der Waals surface area contributed by atoms with Gasteiger partial charge in [0.2, 0.25) is 0 Å². The number of nitrogens with zero attached hydrogens (tertiary/aromatic N) is 1. The van der Waals surface area contributed by atoms with Crippen LogP contribution in [0.3, 0.4) is 0 Å². The van der Waals surface area contributed by atoms with Gasteiger partial charge in [-0.2, -0.15) is 0 Å². The average molecular weight is 832 g/mol. The first-order valence-electron chi connectivity index (χ1n) is 22.5. The average Bonchev–Trinajstić information content (AvgIpc) is 3.87. The van der Waals surface area contributed by atoms with Gasteiger partial charge in [-0.3, -0.25) is 0 Å². The van der Waals surface area contributed by atoms with Crippen LogP contribution in [0.15, 0.2) is 241 Å². The van der Waals surface area contributed by atoms with Crippen LogP contribution < -0.4 is 4.90 Å². The molecule has 0 unspecified atom stereocenters. The fourth-order valence-electron chi connectivity index (χ4n) is 10.6. The van der Waals surface area contributed by atoms with E-state index in [2.05, 4.69) is 249 Å². The molecule has 1 heterocycles. The van der Waals surface area contributed by atoms with Gasteiger partial charge >= 0.3 is 0 Å². The Bertz CT molecular complexity index is 3580. The summed E-state index contributed by atoms with van der Waals surface area (Å²) >= 11 is 0. The van der Waals surface area contributed by atoms with Crippen molar-refractivity contribution in [2.75, 3.05) is 4.90 Å². The minimum Gasteiger partial charge on any atom is -0.455 e. The van der Waals surface area contributed by atoms with Gasteiger partial charge < -0.3 is 9.32 Å². The number of fused-ring (bicyclic) bond motifs is 6. The van der Waals surface area contributed by atoms with Crippen LogP contribution in [-0.2, 0) is 5.41 Å². The molecular formula is C63H45NO. The molecule has 1 aliphatic rings. The largest absolute Gasteiger partial charge is 0.455 e. The van der Waals surface area contributed by atoms with Gasteiger partial charge in [-0.05, 0) is 86.0 Å². The van der Waals surface area contributed by atoms with Gasteiger partial charge in [0, 0.05) is 38.4 Å². The molecule has 1 aromatic heterocycles. The topological polar surface area (TPSA) is 16.4 Å². The van der Waals surface area contributed by atoms with E-state index >= 15 is 0 Å². The van der Waals surface area contributed by atoms with Crippen LogP contribution in [0.4, 0.5) is 17.1 Å². The predicted octanol–water partition coefficient (Wildman–Crippen LogP) is 17.7. The molecule has 0 atom stereocenters. The Morgan fingerprint density at radius 2 is 0.831 bits per heavy atom. The first-order valence-corrected chi connectivity index (χ1v) is 22.5. The molecule has 0 spiro atoms. The summed E-state index contributed by atoms with van der Waals surface area (Å²) in [6.45, 7) is 4.76. The molecule has 0 saturated heterocycles. The van der Waals surface area contributed by atoms with E-state index in [0.29, 0.717) is 0 Å². The van der Waals surface area contributed by atoms with Crippen LogP contribution >= 0.6 is 0 Å². The third-order valence-electron chi connectivity index (χ3n) is 13.5. The molecule has 0 bridgehead atoms. The standard InChI is InChI=1S/C63H45NO/c1-63(2)55-36-13-9-28-47(55)51-32-18-33-52(61(51)63)48-29-11-15-38-57(48)64(56-37-14-10-27-46(56)43-23-7-4-8-24-43)58-39-20-31-50(54-35-19-34-53-49-30-12-16-40-59(49)65-62(53)54)60(58)45-26-17-25-44(41-45)42-21-5-3-6-22-42/h3-41H,1-2H3. The van der Waals surface area contributed by atoms with Crippen LogP contribution in [0, 0.1) is 0 Å². The third kappa shape index (κ3) is 6.32. The minimum atomic E-state index is -0.212. The highest BCUT2D eigenvalue weighted by molar-refractivity contribution is 6.12. The quantitative estimate of drug-likeness (QED) is 0.152. The van der Waals surface area contributed by atoms with E-state index in [4.69, 9.17) is 4.42 Å². The summed E-state index contributed by atoms with van der Waals surface area (Å²) in [6, 6.07) is 85.9. The number of hydrogen-bond acceptors (Lipinski definition) is 2. The van der Waals surface area contributed by atoms with Crippen LogP contribution in [0.5, 0.6) is 0 Å². The number of benzene rings is 10. The maximum absolute atomic E-state index is 6.82. The molecule has 2 nitrogen and oxygen atoms in total. The summed E-state index contributed by atoms with van der Waals surface area (Å²) in [5.41, 5.74) is 21.5. The summed E-state index contributed by atoms with van der Waals surface area (Å²) in [7, 11) is 0. The number of anilines is 3. The Morgan fingerprint density at radius 1 is 0.338 bits per heavy atom. The lowest BCUT2D eigenvalue weighted by Crippen LogP contribution is -2.17. The molecule has 0 N–H and O–H groups in total. The Balaban J connectivity index is 1.19. The summed E-state index contributed by atoms with van der Waals surface area (Å²) in [5.74, 6) is 0. The van der Waals surface area contributed by atoms with Crippen molar-refractivity contribution < 1.29 is 4.42 Å². The molecule has 11 aromatic rings. The van der Waals surface area contributed by atoms with Gasteiger partial charge in [0.05, 0.1) is 17.1 Å². The van der Waals surface area contributed by atoms with E-state index in [1.54, 1.807) is 0 Å². The molecule has 0 saturated carbocycles. The van der Waals surface area contributed by atoms with Gasteiger partial charge in [-0.15, -0.1) is 0 Å². The van der Waals surface area contributed by atoms with Crippen molar-refractivity contribution in [3.05, 3.63) is 248 Å². The van der Waals surface area contributed by atoms with Gasteiger partial charge in [0.15, 0.2) is 0 Å². The molecule has 308 valence electrons. The zero-order valence-electron chi connectivity index (χ0n) is 36.4. The van der Waals surface area contributed by atoms with Crippen LogP contribution in [0.25, 0.3) is 88.7 Å². The molecule has 65 heavy (non-hydrogen) atoms. The predicted molar refractivity (Wildman–Crippen MR) is 273 cm³/mol. The Labute approximate surface area is 380 Å². The minimum absolute atomic E-state index is 0.212. The van der Waals surface area contributed by atoms with E-state index in [-0.39, 0.29) is 5.41 Å². The lowest BCUT2D eigenvalue weighted by Gasteiger charge is -2.33. The molecule has 0 amide bonds. The van der Waals surface area contributed by atoms with Crippen LogP contribution in [0.2, 0.25) is 0 Å². The van der Waals surface area contributed by atoms with E-state index < -0.39 is 0 Å². The normalized spacial score (nSPS) is 12.6. The fourth-order valence-corrected chi connectivity index (χ4v) is 10.6. The first kappa shape index (κ1) is 38.5. The van der Waals surface area contributed by atoms with Crippen molar-refractivity contribution in [1.82, 2.24) is 0 Å². The summed E-state index contributed by atoms with van der Waals surface area (Å²) in [6.07, 6.45) is 0. The van der Waals surface area contributed by atoms with Gasteiger partial charge in [0.1, 0.15) is 11.2 Å². The first-order chi connectivity index (χ1) is 32.0. The number of hydrogen-bond donors (Lipinski definition) is 0. The molecule has 12 rings (SSSR count). The Morgan fingerprint density at radius 3 is 1.63 bits per heavy atom. The fraction of sp³-hybridized carbons (Fsp3) is 0.0476. The van der Waals surface area contributed by atoms with E-state index in [1.807, 2.05) is 6.07 Å². The van der Waals surface area contributed by atoms with Gasteiger partial charge in [-0.1, -0.05) is 220 Å². The van der Waals surface area contributed by atoms with Gasteiger partial charge in [0.25, 0.3) is 0 Å². The van der Waals surface area contributed by atoms with E-state index in [9.17, 15) is 0 Å². The molecule has 2 heteroatoms. The smallest absolute Gasteiger partial charge is 0.143 e. The van der Waals surface area contributed by atoms with Crippen molar-refractivity contribution in [2.45, 2.75) is 19.3 Å². The zero-order chi connectivity index (χ0) is 43.5. The molecule has 1 aliphatic carbocycles. The van der Waals surface area contributed by atoms with Crippen LogP contribution in [-0.4, -0.2) is 0 Å². The molecule has 0 aliphatic heterocycles. The summed E-state index contributed by atoms with van der Waals surface area (Å²) in [4.78, 5) is 2.53. The second kappa shape index (κ2) is 15.6. The third-order valence-corrected chi connectivity index (χ3v) is 13.5. The second-order valence-corrected chi connectivity index (χ2v) is 17.6.